The van der Waals surface area contributed by atoms with E-state index in [1.165, 1.54) is 29.2 Å². The number of benzene rings is 2. The van der Waals surface area contributed by atoms with Crippen molar-refractivity contribution in [2.75, 3.05) is 20.1 Å². The Morgan fingerprint density at radius 3 is 2.36 bits per heavy atom. The molecule has 11 nitrogen and oxygen atoms in total. The van der Waals surface area contributed by atoms with Crippen molar-refractivity contribution in [1.82, 2.24) is 35.0 Å². The molecule has 0 saturated carbocycles. The third-order valence-electron chi connectivity index (χ3n) is 12.4. The number of alkyl halides is 1. The molecule has 0 aliphatic carbocycles. The lowest BCUT2D eigenvalue weighted by atomic mass is 9.94. The summed E-state index contributed by atoms with van der Waals surface area (Å²) in [6, 6.07) is 6.68. The van der Waals surface area contributed by atoms with Crippen LogP contribution < -0.4 is 10.6 Å². The van der Waals surface area contributed by atoms with Gasteiger partial charge in [0.15, 0.2) is 5.82 Å². The standard InChI is InChI=1S/C44H58F3N7O4/c1-8-25(5)42(56)51-39(24(3)4)44(58)53-22-30(47)18-32(53)23-54-37-15-13-29(46)20-36(37)50-41(54)40-34(33-14-12-28(45)19-35(33)49-40)21-31-11-10-16-52(31)43(57)27(9-2)17-38(55)26(6)48-7/h12-15,19-20,24-27,30-32,39,48-49H,8-11,16-18,21-23H2,1-7H3,(H,51,56)/t25-,26+,27-,30+,31+,32+,39+/m1/s1. The topological polar surface area (TPSA) is 132 Å². The minimum Gasteiger partial charge on any atom is -0.352 e. The number of nitrogens with one attached hydrogen (secondary N) is 3. The summed E-state index contributed by atoms with van der Waals surface area (Å²) >= 11 is 0. The molecule has 3 N–H and O–H groups in total. The number of halogens is 3. The molecule has 0 unspecified atom stereocenters. The zero-order valence-corrected chi connectivity index (χ0v) is 34.7. The van der Waals surface area contributed by atoms with E-state index in [1.807, 2.05) is 37.2 Å². The molecule has 14 heteroatoms. The van der Waals surface area contributed by atoms with Crippen molar-refractivity contribution in [3.63, 3.8) is 0 Å². The van der Waals surface area contributed by atoms with E-state index in [4.69, 9.17) is 4.98 Å². The number of aromatic amines is 1. The van der Waals surface area contributed by atoms with Gasteiger partial charge in [0.05, 0.1) is 35.4 Å². The van der Waals surface area contributed by atoms with E-state index in [-0.39, 0.29) is 73.4 Å². The highest BCUT2D eigenvalue weighted by Gasteiger charge is 2.41. The maximum absolute atomic E-state index is 15.4. The molecule has 7 atom stereocenters. The summed E-state index contributed by atoms with van der Waals surface area (Å²) in [5.41, 5.74) is 2.77. The molecule has 2 fully saturated rings. The fraction of sp³-hybridized carbons (Fsp3) is 0.568. The van der Waals surface area contributed by atoms with Crippen LogP contribution in [0.5, 0.6) is 0 Å². The number of amides is 3. The van der Waals surface area contributed by atoms with Crippen molar-refractivity contribution in [3.8, 4) is 11.5 Å². The predicted molar refractivity (Wildman–Crippen MR) is 219 cm³/mol. The summed E-state index contributed by atoms with van der Waals surface area (Å²) in [5.74, 6) is -2.24. The molecule has 3 amide bonds. The summed E-state index contributed by atoms with van der Waals surface area (Å²) in [6.07, 6.45) is 1.91. The third kappa shape index (κ3) is 8.81. The zero-order chi connectivity index (χ0) is 42.0. The van der Waals surface area contributed by atoms with Gasteiger partial charge in [-0.25, -0.2) is 18.2 Å². The van der Waals surface area contributed by atoms with Crippen molar-refractivity contribution in [1.29, 1.82) is 0 Å². The molecule has 2 aromatic carbocycles. The van der Waals surface area contributed by atoms with E-state index in [0.29, 0.717) is 53.9 Å². The molecule has 2 aromatic heterocycles. The monoisotopic (exact) mass is 805 g/mol. The number of carbonyl (C=O) groups is 4. The number of likely N-dealkylation sites (tertiary alicyclic amines) is 2. The van der Waals surface area contributed by atoms with Crippen molar-refractivity contribution >= 4 is 45.4 Å². The predicted octanol–water partition coefficient (Wildman–Crippen LogP) is 6.72. The normalized spacial score (nSPS) is 20.6. The molecule has 0 bridgehead atoms. The number of H-pyrrole nitrogens is 1. The zero-order valence-electron chi connectivity index (χ0n) is 34.7. The summed E-state index contributed by atoms with van der Waals surface area (Å²) in [7, 11) is 1.72. The van der Waals surface area contributed by atoms with E-state index >= 15 is 4.39 Å². The second kappa shape index (κ2) is 18.0. The van der Waals surface area contributed by atoms with Crippen LogP contribution >= 0.6 is 0 Å². The fourth-order valence-electron chi connectivity index (χ4n) is 8.59. The Balaban J connectivity index is 1.39. The molecule has 314 valence electrons. The van der Waals surface area contributed by atoms with Gasteiger partial charge >= 0.3 is 0 Å². The summed E-state index contributed by atoms with van der Waals surface area (Å²) < 4.78 is 46.9. The summed E-state index contributed by atoms with van der Waals surface area (Å²) in [4.78, 5) is 65.9. The highest BCUT2D eigenvalue weighted by Crippen LogP contribution is 2.37. The van der Waals surface area contributed by atoms with Crippen LogP contribution in [0.1, 0.15) is 85.6 Å². The van der Waals surface area contributed by atoms with Crippen LogP contribution in [-0.2, 0) is 32.1 Å². The second-order valence-electron chi connectivity index (χ2n) is 16.7. The van der Waals surface area contributed by atoms with E-state index in [0.717, 1.165) is 23.8 Å². The van der Waals surface area contributed by atoms with Crippen LogP contribution in [0.3, 0.4) is 0 Å². The maximum atomic E-state index is 15.4. The van der Waals surface area contributed by atoms with Gasteiger partial charge in [0.1, 0.15) is 29.6 Å². The number of likely N-dealkylation sites (N-methyl/N-ethyl adjacent to an activating group) is 1. The van der Waals surface area contributed by atoms with Gasteiger partial charge in [0.2, 0.25) is 17.7 Å². The van der Waals surface area contributed by atoms with Crippen LogP contribution in [0.2, 0.25) is 0 Å². The number of ketones is 1. The van der Waals surface area contributed by atoms with Gasteiger partial charge in [-0.15, -0.1) is 0 Å². The number of rotatable bonds is 16. The van der Waals surface area contributed by atoms with Crippen LogP contribution in [0.15, 0.2) is 36.4 Å². The summed E-state index contributed by atoms with van der Waals surface area (Å²) in [5, 5.41) is 6.62. The molecule has 58 heavy (non-hydrogen) atoms. The number of imidazole rings is 1. The Bertz CT molecular complexity index is 2150. The van der Waals surface area contributed by atoms with E-state index in [2.05, 4.69) is 15.6 Å². The largest absolute Gasteiger partial charge is 0.352 e. The van der Waals surface area contributed by atoms with Gasteiger partial charge in [0.25, 0.3) is 0 Å². The molecule has 2 saturated heterocycles. The van der Waals surface area contributed by atoms with E-state index < -0.39 is 35.8 Å². The SMILES string of the molecule is CC[C@H](CC(=O)[C@H](C)NC)C(=O)N1CCC[C@H]1Cc1c(-c2nc3cc(F)ccc3n2C[C@@H]2C[C@H](F)CN2C(=O)[C@@H](NC(=O)[C@H](C)CC)C(C)C)[nH]c2cc(F)ccc12. The third-order valence-corrected chi connectivity index (χ3v) is 12.4. The lowest BCUT2D eigenvalue weighted by Crippen LogP contribution is -2.54. The van der Waals surface area contributed by atoms with Gasteiger partial charge in [-0.05, 0) is 87.9 Å². The first-order valence-corrected chi connectivity index (χ1v) is 20.9. The number of Topliss-reactive ketones (excluding diaryl/α,β-unsaturated/α-hetero) is 1. The van der Waals surface area contributed by atoms with Gasteiger partial charge in [0, 0.05) is 60.8 Å². The highest BCUT2D eigenvalue weighted by molar-refractivity contribution is 5.93. The van der Waals surface area contributed by atoms with Crippen molar-refractivity contribution in [3.05, 3.63) is 53.6 Å². The Kier molecular flexibility index (Phi) is 13.3. The van der Waals surface area contributed by atoms with Crippen molar-refractivity contribution in [2.45, 2.75) is 123 Å². The number of hydrogen-bond donors (Lipinski definition) is 3. The lowest BCUT2D eigenvalue weighted by molar-refractivity contribution is -0.139. The molecular weight excluding hydrogens is 748 g/mol. The smallest absolute Gasteiger partial charge is 0.245 e. The first-order chi connectivity index (χ1) is 27.6. The number of aromatic nitrogens is 3. The maximum Gasteiger partial charge on any atom is 0.245 e. The Morgan fingerprint density at radius 1 is 0.948 bits per heavy atom. The highest BCUT2D eigenvalue weighted by atomic mass is 19.1. The van der Waals surface area contributed by atoms with Crippen LogP contribution in [-0.4, -0.2) is 98.3 Å². The van der Waals surface area contributed by atoms with E-state index in [1.54, 1.807) is 33.0 Å². The van der Waals surface area contributed by atoms with Gasteiger partial charge in [-0.2, -0.15) is 0 Å². The molecule has 6 rings (SSSR count). The Labute approximate surface area is 338 Å². The molecule has 2 aliphatic rings. The Morgan fingerprint density at radius 2 is 1.67 bits per heavy atom. The van der Waals surface area contributed by atoms with Gasteiger partial charge < -0.3 is 30.0 Å². The van der Waals surface area contributed by atoms with Gasteiger partial charge in [-0.3, -0.25) is 19.2 Å². The molecule has 4 aromatic rings. The number of fused-ring (bicyclic) bond motifs is 2. The van der Waals surface area contributed by atoms with Crippen molar-refractivity contribution in [2.24, 2.45) is 17.8 Å². The number of nitrogens with zero attached hydrogens (tertiary/aromatic N) is 4. The van der Waals surface area contributed by atoms with Crippen LogP contribution in [0.4, 0.5) is 13.2 Å². The second-order valence-corrected chi connectivity index (χ2v) is 16.7. The van der Waals surface area contributed by atoms with Crippen LogP contribution in [0.25, 0.3) is 33.5 Å². The summed E-state index contributed by atoms with van der Waals surface area (Å²) in [6.45, 7) is 11.6. The minimum absolute atomic E-state index is 0.0214. The lowest BCUT2D eigenvalue weighted by Gasteiger charge is -2.32. The average molecular weight is 806 g/mol. The molecule has 2 aliphatic heterocycles. The first kappa shape index (κ1) is 42.9. The van der Waals surface area contributed by atoms with Crippen molar-refractivity contribution < 1.29 is 32.3 Å². The fourth-order valence-corrected chi connectivity index (χ4v) is 8.59. The van der Waals surface area contributed by atoms with Gasteiger partial charge in [-0.1, -0.05) is 34.6 Å². The minimum atomic E-state index is -1.30. The average Bonchev–Trinajstić information content (AvgIpc) is 3.98. The Hall–Kier alpha value is -4.72. The quantitative estimate of drug-likeness (QED) is 0.115. The first-order valence-electron chi connectivity index (χ1n) is 20.9. The molecule has 0 spiro atoms. The number of carbonyl (C=O) groups excluding carboxylic acids is 4. The molecular formula is C44H58F3N7O4. The van der Waals surface area contributed by atoms with Crippen LogP contribution in [0, 0.1) is 29.4 Å². The molecule has 4 heterocycles. The molecule has 0 radical (unpaired) electrons. The number of hydrogen-bond acceptors (Lipinski definition) is 6. The van der Waals surface area contributed by atoms with E-state index in [9.17, 15) is 28.0 Å².